The SMILES string of the molecule is Cc1noc(C)c1S(=O)(=O)Nc1ccc2c(c1)C(=O)N([C@@H](C)CO)C[C@@H](C)[C@H](CN(C)CC1CC1)OCCCC[C@H](C)O2. The molecule has 2 N–H and O–H groups in total. The normalized spacial score (nSPS) is 23.4. The Morgan fingerprint density at radius 1 is 1.16 bits per heavy atom. The van der Waals surface area contributed by atoms with Gasteiger partial charge >= 0.3 is 0 Å². The first-order valence-electron chi connectivity index (χ1n) is 15.4. The van der Waals surface area contributed by atoms with Gasteiger partial charge in [-0.3, -0.25) is 9.52 Å². The van der Waals surface area contributed by atoms with E-state index in [-0.39, 0.29) is 58.2 Å². The van der Waals surface area contributed by atoms with Crippen LogP contribution in [0.1, 0.15) is 74.7 Å². The van der Waals surface area contributed by atoms with Crippen molar-refractivity contribution in [3.05, 3.63) is 35.2 Å². The highest BCUT2D eigenvalue weighted by Gasteiger charge is 2.32. The van der Waals surface area contributed by atoms with Crippen molar-refractivity contribution in [2.75, 3.05) is 44.6 Å². The molecule has 0 unspecified atom stereocenters. The molecule has 4 atom stereocenters. The van der Waals surface area contributed by atoms with Gasteiger partial charge < -0.3 is 28.9 Å². The fourth-order valence-electron chi connectivity index (χ4n) is 5.64. The summed E-state index contributed by atoms with van der Waals surface area (Å²) in [6.45, 7) is 11.5. The van der Waals surface area contributed by atoms with Crippen LogP contribution in [0.3, 0.4) is 0 Å². The van der Waals surface area contributed by atoms with E-state index in [1.165, 1.54) is 25.8 Å². The van der Waals surface area contributed by atoms with Gasteiger partial charge in [0.1, 0.15) is 11.4 Å². The molecule has 1 aliphatic heterocycles. The van der Waals surface area contributed by atoms with Crippen LogP contribution in [0, 0.1) is 25.7 Å². The van der Waals surface area contributed by atoms with Crippen molar-refractivity contribution in [2.24, 2.45) is 11.8 Å². The summed E-state index contributed by atoms with van der Waals surface area (Å²) in [6.07, 6.45) is 4.86. The van der Waals surface area contributed by atoms with Crippen LogP contribution in [0.2, 0.25) is 0 Å². The summed E-state index contributed by atoms with van der Waals surface area (Å²) < 4.78 is 46.8. The van der Waals surface area contributed by atoms with Gasteiger partial charge in [-0.15, -0.1) is 0 Å². The van der Waals surface area contributed by atoms with Crippen LogP contribution in [0.25, 0.3) is 0 Å². The average Bonchev–Trinajstić information content (AvgIpc) is 3.69. The lowest BCUT2D eigenvalue weighted by Crippen LogP contribution is -2.47. The number of amides is 1. The van der Waals surface area contributed by atoms with Crippen LogP contribution in [0.4, 0.5) is 5.69 Å². The van der Waals surface area contributed by atoms with Gasteiger partial charge in [-0.05, 0) is 91.0 Å². The Kier molecular flexibility index (Phi) is 11.1. The first-order valence-corrected chi connectivity index (χ1v) is 16.9. The molecule has 1 fully saturated rings. The molecule has 1 aliphatic carbocycles. The van der Waals surface area contributed by atoms with E-state index in [2.05, 4.69) is 28.8 Å². The van der Waals surface area contributed by atoms with Crippen molar-refractivity contribution in [2.45, 2.75) is 89.9 Å². The molecular weight excluding hydrogens is 572 g/mol. The summed E-state index contributed by atoms with van der Waals surface area (Å²) in [5.41, 5.74) is 0.670. The zero-order valence-corrected chi connectivity index (χ0v) is 27.2. The number of ether oxygens (including phenoxy) is 2. The van der Waals surface area contributed by atoms with Gasteiger partial charge in [0.25, 0.3) is 15.9 Å². The Morgan fingerprint density at radius 2 is 1.91 bits per heavy atom. The van der Waals surface area contributed by atoms with Gasteiger partial charge in [-0.1, -0.05) is 12.1 Å². The number of aryl methyl sites for hydroxylation is 2. The first-order chi connectivity index (χ1) is 20.4. The Labute approximate surface area is 255 Å². The van der Waals surface area contributed by atoms with Crippen LogP contribution in [-0.4, -0.2) is 92.5 Å². The number of sulfonamides is 1. The molecule has 11 nitrogen and oxygen atoms in total. The van der Waals surface area contributed by atoms with E-state index in [9.17, 15) is 18.3 Å². The molecule has 1 saturated carbocycles. The number of hydrogen-bond acceptors (Lipinski definition) is 9. The number of aliphatic hydroxyl groups excluding tert-OH is 1. The van der Waals surface area contributed by atoms with Crippen LogP contribution >= 0.6 is 0 Å². The largest absolute Gasteiger partial charge is 0.490 e. The Hall–Kier alpha value is -2.67. The van der Waals surface area contributed by atoms with Crippen LogP contribution in [0.5, 0.6) is 5.75 Å². The number of hydrogen-bond donors (Lipinski definition) is 2. The fraction of sp³-hybridized carbons (Fsp3) is 0.677. The van der Waals surface area contributed by atoms with E-state index in [0.717, 1.165) is 38.3 Å². The molecule has 0 saturated heterocycles. The Morgan fingerprint density at radius 3 is 2.56 bits per heavy atom. The van der Waals surface area contributed by atoms with Gasteiger partial charge in [0.05, 0.1) is 30.4 Å². The Bertz CT molecular complexity index is 1320. The van der Waals surface area contributed by atoms with E-state index >= 15 is 0 Å². The molecule has 12 heteroatoms. The van der Waals surface area contributed by atoms with Gasteiger partial charge in [0.15, 0.2) is 10.7 Å². The number of nitrogens with zero attached hydrogens (tertiary/aromatic N) is 3. The van der Waals surface area contributed by atoms with E-state index in [1.54, 1.807) is 30.9 Å². The quantitative estimate of drug-likeness (QED) is 0.422. The monoisotopic (exact) mass is 620 g/mol. The smallest absolute Gasteiger partial charge is 0.267 e. The molecule has 43 heavy (non-hydrogen) atoms. The van der Waals surface area contributed by atoms with Crippen molar-refractivity contribution in [3.63, 3.8) is 0 Å². The molecule has 2 heterocycles. The molecular formula is C31H48N4O7S. The average molecular weight is 621 g/mol. The van der Waals surface area contributed by atoms with Gasteiger partial charge in [0, 0.05) is 37.8 Å². The predicted molar refractivity (Wildman–Crippen MR) is 164 cm³/mol. The van der Waals surface area contributed by atoms with Gasteiger partial charge in [0.2, 0.25) is 0 Å². The van der Waals surface area contributed by atoms with Gasteiger partial charge in [-0.2, -0.15) is 0 Å². The fourth-order valence-corrected chi connectivity index (χ4v) is 7.02. The first kappa shape index (κ1) is 33.2. The van der Waals surface area contributed by atoms with Crippen molar-refractivity contribution >= 4 is 21.6 Å². The summed E-state index contributed by atoms with van der Waals surface area (Å²) in [7, 11) is -1.91. The standard InChI is InChI=1S/C31H48N4O7S/c1-20-16-35(21(2)19-36)31(37)27-15-26(33-43(38,39)30-23(4)32-42-24(30)5)12-13-28(27)41-22(3)9-7-8-14-40-29(20)18-34(6)17-25-10-11-25/h12-13,15,20-22,25,29,33,36H,7-11,14,16-19H2,1-6H3/t20-,21+,22+,29+/m1/s1. The van der Waals surface area contributed by atoms with Crippen molar-refractivity contribution in [1.82, 2.24) is 15.0 Å². The highest BCUT2D eigenvalue weighted by Crippen LogP contribution is 2.31. The van der Waals surface area contributed by atoms with E-state index in [4.69, 9.17) is 14.0 Å². The van der Waals surface area contributed by atoms with E-state index < -0.39 is 16.1 Å². The lowest BCUT2D eigenvalue weighted by Gasteiger charge is -2.36. The third kappa shape index (κ3) is 8.71. The number of carbonyl (C=O) groups is 1. The number of anilines is 1. The molecule has 1 aromatic heterocycles. The zero-order chi connectivity index (χ0) is 31.3. The minimum atomic E-state index is -4.03. The van der Waals surface area contributed by atoms with Crippen LogP contribution < -0.4 is 9.46 Å². The molecule has 2 aromatic rings. The minimum Gasteiger partial charge on any atom is -0.490 e. The second kappa shape index (κ2) is 14.4. The van der Waals surface area contributed by atoms with E-state index in [0.29, 0.717) is 18.9 Å². The maximum absolute atomic E-state index is 14.3. The number of carbonyl (C=O) groups excluding carboxylic acids is 1. The third-order valence-electron chi connectivity index (χ3n) is 8.30. The zero-order valence-electron chi connectivity index (χ0n) is 26.3. The van der Waals surface area contributed by atoms with Crippen molar-refractivity contribution in [1.29, 1.82) is 0 Å². The van der Waals surface area contributed by atoms with Crippen LogP contribution in [-0.2, 0) is 14.8 Å². The summed E-state index contributed by atoms with van der Waals surface area (Å²) >= 11 is 0. The molecule has 2 aliphatic rings. The molecule has 0 radical (unpaired) electrons. The predicted octanol–water partition coefficient (Wildman–Crippen LogP) is 4.23. The number of nitrogens with one attached hydrogen (secondary N) is 1. The highest BCUT2D eigenvalue weighted by molar-refractivity contribution is 7.92. The topological polar surface area (TPSA) is 134 Å². The molecule has 240 valence electrons. The summed E-state index contributed by atoms with van der Waals surface area (Å²) in [5.74, 6) is 0.930. The molecule has 0 bridgehead atoms. The number of aliphatic hydroxyl groups is 1. The molecule has 0 spiro atoms. The number of likely N-dealkylation sites (N-methyl/N-ethyl adjacent to an activating group) is 1. The summed E-state index contributed by atoms with van der Waals surface area (Å²) in [5, 5.41) is 13.9. The minimum absolute atomic E-state index is 0.0212. The van der Waals surface area contributed by atoms with Crippen molar-refractivity contribution in [3.8, 4) is 5.75 Å². The molecule has 1 amide bonds. The second-order valence-corrected chi connectivity index (χ2v) is 14.1. The Balaban J connectivity index is 1.67. The second-order valence-electron chi connectivity index (χ2n) is 12.4. The lowest BCUT2D eigenvalue weighted by atomic mass is 10.0. The summed E-state index contributed by atoms with van der Waals surface area (Å²) in [6, 6.07) is 4.23. The maximum atomic E-state index is 14.3. The van der Waals surface area contributed by atoms with Crippen LogP contribution in [0.15, 0.2) is 27.6 Å². The number of rotatable bonds is 9. The molecule has 1 aromatic carbocycles. The third-order valence-corrected chi connectivity index (χ3v) is 9.92. The highest BCUT2D eigenvalue weighted by atomic mass is 32.2. The number of aromatic nitrogens is 1. The number of benzene rings is 1. The molecule has 4 rings (SSSR count). The van der Waals surface area contributed by atoms with E-state index in [1.807, 2.05) is 6.92 Å². The van der Waals surface area contributed by atoms with Crippen molar-refractivity contribution < 1.29 is 32.3 Å². The van der Waals surface area contributed by atoms with Gasteiger partial charge in [-0.25, -0.2) is 8.42 Å². The lowest BCUT2D eigenvalue weighted by molar-refractivity contribution is -0.0172. The maximum Gasteiger partial charge on any atom is 0.267 e. The summed E-state index contributed by atoms with van der Waals surface area (Å²) in [4.78, 5) is 18.2. The number of fused-ring (bicyclic) bond motifs is 1.